The van der Waals surface area contributed by atoms with Crippen LogP contribution in [-0.4, -0.2) is 35.0 Å². The van der Waals surface area contributed by atoms with E-state index in [1.54, 1.807) is 0 Å². The van der Waals surface area contributed by atoms with Crippen molar-refractivity contribution in [2.45, 2.75) is 65.2 Å². The molecule has 0 aliphatic heterocycles. The first kappa shape index (κ1) is 18.7. The van der Waals surface area contributed by atoms with Crippen LogP contribution in [0.1, 0.15) is 65.2 Å². The third-order valence-corrected chi connectivity index (χ3v) is 4.44. The highest BCUT2D eigenvalue weighted by atomic mass is 16.4. The first-order valence-corrected chi connectivity index (χ1v) is 8.78. The molecule has 1 rings (SSSR count). The van der Waals surface area contributed by atoms with Crippen molar-refractivity contribution in [1.29, 1.82) is 0 Å². The monoisotopic (exact) mass is 309 g/mol. The van der Waals surface area contributed by atoms with Gasteiger partial charge >= 0.3 is 5.97 Å². The van der Waals surface area contributed by atoms with E-state index >= 15 is 0 Å². The molecule has 1 aliphatic rings. The maximum Gasteiger partial charge on any atom is 0.307 e. The third-order valence-electron chi connectivity index (χ3n) is 4.44. The largest absolute Gasteiger partial charge is 0.481 e. The summed E-state index contributed by atoms with van der Waals surface area (Å²) >= 11 is 0. The zero-order chi connectivity index (χ0) is 16.4. The Labute approximate surface area is 134 Å². The first-order chi connectivity index (χ1) is 10.6. The fraction of sp³-hybridized carbons (Fsp3) is 0.778. The molecule has 2 unspecified atom stereocenters. The molecule has 0 radical (unpaired) electrons. The maximum atomic E-state index is 12.8. The number of hydrogen-bond acceptors (Lipinski definition) is 2. The fourth-order valence-corrected chi connectivity index (χ4v) is 3.03. The predicted octanol–water partition coefficient (Wildman–Crippen LogP) is 3.86. The number of allylic oxidation sites excluding steroid dienone is 2. The van der Waals surface area contributed by atoms with Crippen LogP contribution in [0.3, 0.4) is 0 Å². The van der Waals surface area contributed by atoms with Crippen molar-refractivity contribution >= 4 is 11.9 Å². The van der Waals surface area contributed by atoms with Gasteiger partial charge in [0.1, 0.15) is 0 Å². The number of unbranched alkanes of at least 4 members (excludes halogenated alkanes) is 4. The molecule has 0 spiro atoms. The molecule has 126 valence electrons. The summed E-state index contributed by atoms with van der Waals surface area (Å²) in [5.41, 5.74) is 0. The van der Waals surface area contributed by atoms with Crippen LogP contribution in [0.15, 0.2) is 12.2 Å². The van der Waals surface area contributed by atoms with E-state index in [0.717, 1.165) is 51.6 Å². The average molecular weight is 309 g/mol. The van der Waals surface area contributed by atoms with E-state index in [0.29, 0.717) is 12.8 Å². The lowest BCUT2D eigenvalue weighted by atomic mass is 9.82. The van der Waals surface area contributed by atoms with Crippen LogP contribution in [-0.2, 0) is 9.59 Å². The second-order valence-corrected chi connectivity index (χ2v) is 6.23. The Hall–Kier alpha value is -1.32. The van der Waals surface area contributed by atoms with Gasteiger partial charge in [0.2, 0.25) is 5.91 Å². The van der Waals surface area contributed by atoms with Crippen molar-refractivity contribution in [2.24, 2.45) is 11.8 Å². The van der Waals surface area contributed by atoms with Crippen molar-refractivity contribution < 1.29 is 14.7 Å². The van der Waals surface area contributed by atoms with Crippen molar-refractivity contribution in [1.82, 2.24) is 4.90 Å². The molecule has 0 heterocycles. The zero-order valence-electron chi connectivity index (χ0n) is 14.1. The lowest BCUT2D eigenvalue weighted by molar-refractivity contribution is -0.150. The molecule has 4 heteroatoms. The lowest BCUT2D eigenvalue weighted by Crippen LogP contribution is -2.42. The van der Waals surface area contributed by atoms with Gasteiger partial charge in [-0.2, -0.15) is 0 Å². The van der Waals surface area contributed by atoms with Crippen LogP contribution in [0.5, 0.6) is 0 Å². The van der Waals surface area contributed by atoms with Gasteiger partial charge in [-0.05, 0) is 25.7 Å². The molecule has 0 saturated heterocycles. The Balaban J connectivity index is 2.70. The number of amides is 1. The lowest BCUT2D eigenvalue weighted by Gasteiger charge is -2.31. The molecular formula is C18H31NO3. The van der Waals surface area contributed by atoms with E-state index in [4.69, 9.17) is 0 Å². The van der Waals surface area contributed by atoms with Crippen LogP contribution in [0.4, 0.5) is 0 Å². The van der Waals surface area contributed by atoms with Crippen molar-refractivity contribution in [2.75, 3.05) is 13.1 Å². The number of rotatable bonds is 10. The maximum absolute atomic E-state index is 12.8. The Morgan fingerprint density at radius 2 is 1.45 bits per heavy atom. The molecule has 0 aromatic carbocycles. The van der Waals surface area contributed by atoms with Gasteiger partial charge in [-0.1, -0.05) is 51.7 Å². The second kappa shape index (κ2) is 10.4. The van der Waals surface area contributed by atoms with E-state index in [2.05, 4.69) is 13.8 Å². The van der Waals surface area contributed by atoms with Crippen molar-refractivity contribution in [3.05, 3.63) is 12.2 Å². The standard InChI is InChI=1S/C18H31NO3/c1-3-5-9-13-19(14-10-6-4-2)17(20)15-11-7-8-12-16(15)18(21)22/h7-8,15-16H,3-6,9-14H2,1-2H3,(H,21,22). The van der Waals surface area contributed by atoms with Gasteiger partial charge in [0.15, 0.2) is 0 Å². The number of carbonyl (C=O) groups is 2. The highest BCUT2D eigenvalue weighted by Gasteiger charge is 2.36. The molecule has 1 aliphatic carbocycles. The summed E-state index contributed by atoms with van der Waals surface area (Å²) in [5.74, 6) is -1.74. The number of carboxylic acids is 1. The minimum Gasteiger partial charge on any atom is -0.481 e. The van der Waals surface area contributed by atoms with Gasteiger partial charge in [-0.15, -0.1) is 0 Å². The van der Waals surface area contributed by atoms with Crippen LogP contribution in [0.25, 0.3) is 0 Å². The van der Waals surface area contributed by atoms with Gasteiger partial charge < -0.3 is 10.0 Å². The number of aliphatic carboxylic acids is 1. The molecule has 2 atom stereocenters. The smallest absolute Gasteiger partial charge is 0.307 e. The number of carbonyl (C=O) groups excluding carboxylic acids is 1. The summed E-state index contributed by atoms with van der Waals surface area (Å²) in [6, 6.07) is 0. The summed E-state index contributed by atoms with van der Waals surface area (Å²) in [6.45, 7) is 5.83. The highest BCUT2D eigenvalue weighted by Crippen LogP contribution is 2.28. The van der Waals surface area contributed by atoms with Gasteiger partial charge in [0.25, 0.3) is 0 Å². The topological polar surface area (TPSA) is 57.6 Å². The normalized spacial score (nSPS) is 20.8. The minimum atomic E-state index is -0.843. The molecular weight excluding hydrogens is 278 g/mol. The number of hydrogen-bond donors (Lipinski definition) is 1. The van der Waals surface area contributed by atoms with Gasteiger partial charge in [-0.25, -0.2) is 0 Å². The fourth-order valence-electron chi connectivity index (χ4n) is 3.03. The van der Waals surface area contributed by atoms with Gasteiger partial charge in [0.05, 0.1) is 11.8 Å². The van der Waals surface area contributed by atoms with E-state index in [1.165, 1.54) is 0 Å². The van der Waals surface area contributed by atoms with E-state index in [1.807, 2.05) is 17.1 Å². The molecule has 1 N–H and O–H groups in total. The van der Waals surface area contributed by atoms with Crippen molar-refractivity contribution in [3.63, 3.8) is 0 Å². The second-order valence-electron chi connectivity index (χ2n) is 6.23. The van der Waals surface area contributed by atoms with E-state index < -0.39 is 11.9 Å². The van der Waals surface area contributed by atoms with Gasteiger partial charge in [-0.3, -0.25) is 9.59 Å². The number of nitrogens with zero attached hydrogens (tertiary/aromatic N) is 1. The predicted molar refractivity (Wildman–Crippen MR) is 88.6 cm³/mol. The van der Waals surface area contributed by atoms with E-state index in [-0.39, 0.29) is 11.8 Å². The molecule has 22 heavy (non-hydrogen) atoms. The van der Waals surface area contributed by atoms with E-state index in [9.17, 15) is 14.7 Å². The Morgan fingerprint density at radius 1 is 0.955 bits per heavy atom. The Bertz CT molecular complexity index is 369. The quantitative estimate of drug-likeness (QED) is 0.492. The molecule has 0 fully saturated rings. The molecule has 0 aromatic rings. The summed E-state index contributed by atoms with van der Waals surface area (Å²) in [4.78, 5) is 26.2. The molecule has 0 aromatic heterocycles. The summed E-state index contributed by atoms with van der Waals surface area (Å²) < 4.78 is 0. The molecule has 0 bridgehead atoms. The molecule has 1 amide bonds. The van der Waals surface area contributed by atoms with Gasteiger partial charge in [0, 0.05) is 13.1 Å². The molecule has 4 nitrogen and oxygen atoms in total. The van der Waals surface area contributed by atoms with Crippen LogP contribution in [0, 0.1) is 11.8 Å². The third kappa shape index (κ3) is 5.82. The number of carboxylic acid groups (broad SMARTS) is 1. The van der Waals surface area contributed by atoms with Crippen LogP contribution < -0.4 is 0 Å². The van der Waals surface area contributed by atoms with Crippen LogP contribution >= 0.6 is 0 Å². The Kier molecular flexibility index (Phi) is 8.86. The first-order valence-electron chi connectivity index (χ1n) is 8.78. The molecule has 0 saturated carbocycles. The average Bonchev–Trinajstić information content (AvgIpc) is 2.53. The van der Waals surface area contributed by atoms with Crippen LogP contribution in [0.2, 0.25) is 0 Å². The van der Waals surface area contributed by atoms with Crippen molar-refractivity contribution in [3.8, 4) is 0 Å². The Morgan fingerprint density at radius 3 is 1.91 bits per heavy atom. The highest BCUT2D eigenvalue weighted by molar-refractivity contribution is 5.85. The SMILES string of the molecule is CCCCCN(CCCCC)C(=O)C1CC=CCC1C(=O)O. The summed E-state index contributed by atoms with van der Waals surface area (Å²) in [7, 11) is 0. The summed E-state index contributed by atoms with van der Waals surface area (Å²) in [5, 5.41) is 9.36. The summed E-state index contributed by atoms with van der Waals surface area (Å²) in [6.07, 6.45) is 11.4. The minimum absolute atomic E-state index is 0.0453. The zero-order valence-corrected chi connectivity index (χ0v) is 14.1.